The summed E-state index contributed by atoms with van der Waals surface area (Å²) in [6.07, 6.45) is 90.8. The monoisotopic (exact) mass is 1520 g/mol. The van der Waals surface area contributed by atoms with Crippen molar-refractivity contribution < 1.29 is 80.2 Å². The zero-order chi connectivity index (χ0) is 77.4. The van der Waals surface area contributed by atoms with Gasteiger partial charge in [0.25, 0.3) is 0 Å². The lowest BCUT2D eigenvalue weighted by atomic mass is 10.1. The number of rotatable bonds is 75. The molecule has 5 unspecified atom stereocenters. The van der Waals surface area contributed by atoms with Crippen molar-refractivity contribution in [3.05, 3.63) is 158 Å². The summed E-state index contributed by atoms with van der Waals surface area (Å²) in [5.41, 5.74) is 0. The molecule has 0 aromatic rings. The van der Waals surface area contributed by atoms with Crippen LogP contribution in [0.1, 0.15) is 310 Å². The van der Waals surface area contributed by atoms with Gasteiger partial charge in [-0.2, -0.15) is 0 Å². The van der Waals surface area contributed by atoms with E-state index in [1.165, 1.54) is 38.5 Å². The van der Waals surface area contributed by atoms with Gasteiger partial charge >= 0.3 is 39.5 Å². The van der Waals surface area contributed by atoms with Gasteiger partial charge in [0, 0.05) is 25.7 Å². The van der Waals surface area contributed by atoms with E-state index in [9.17, 15) is 43.2 Å². The molecule has 0 aromatic heterocycles. The number of unbranched alkanes of at least 4 members (excludes halogenated alkanes) is 23. The van der Waals surface area contributed by atoms with E-state index in [-0.39, 0.29) is 25.7 Å². The number of phosphoric acid groups is 2. The molecule has 0 aromatic carbocycles. The molecule has 0 aliphatic heterocycles. The summed E-state index contributed by atoms with van der Waals surface area (Å²) in [6.45, 7) is 4.48. The fourth-order valence-corrected chi connectivity index (χ4v) is 11.9. The highest BCUT2D eigenvalue weighted by molar-refractivity contribution is 7.47. The Morgan fingerprint density at radius 3 is 0.792 bits per heavy atom. The Balaban J connectivity index is 5.45. The molecule has 0 bridgehead atoms. The van der Waals surface area contributed by atoms with Gasteiger partial charge in [0.1, 0.15) is 19.3 Å². The molecule has 0 amide bonds. The molecule has 0 aliphatic carbocycles. The summed E-state index contributed by atoms with van der Waals surface area (Å²) < 4.78 is 68.6. The van der Waals surface area contributed by atoms with Crippen molar-refractivity contribution in [1.29, 1.82) is 0 Å². The van der Waals surface area contributed by atoms with E-state index in [2.05, 4.69) is 174 Å². The van der Waals surface area contributed by atoms with Crippen molar-refractivity contribution in [3.8, 4) is 0 Å². The maximum atomic E-state index is 13.1. The van der Waals surface area contributed by atoms with E-state index in [1.54, 1.807) is 0 Å². The second-order valence-corrected chi connectivity index (χ2v) is 29.5. The third-order valence-electron chi connectivity index (χ3n) is 16.5. The van der Waals surface area contributed by atoms with E-state index >= 15 is 0 Å². The maximum absolute atomic E-state index is 13.1. The predicted molar refractivity (Wildman–Crippen MR) is 436 cm³/mol. The van der Waals surface area contributed by atoms with Crippen LogP contribution in [0.3, 0.4) is 0 Å². The maximum Gasteiger partial charge on any atom is 0.472 e. The van der Waals surface area contributed by atoms with Gasteiger partial charge < -0.3 is 33.8 Å². The molecule has 5 atom stereocenters. The summed E-state index contributed by atoms with van der Waals surface area (Å²) >= 11 is 0. The Morgan fingerprint density at radius 1 is 0.274 bits per heavy atom. The quantitative estimate of drug-likeness (QED) is 0.0169. The summed E-state index contributed by atoms with van der Waals surface area (Å²) in [5.74, 6) is -2.30. The molecule has 106 heavy (non-hydrogen) atoms. The smallest absolute Gasteiger partial charge is 0.462 e. The summed E-state index contributed by atoms with van der Waals surface area (Å²) in [5, 5.41) is 10.7. The van der Waals surface area contributed by atoms with E-state index in [0.29, 0.717) is 32.1 Å². The highest BCUT2D eigenvalue weighted by Gasteiger charge is 2.30. The molecule has 0 spiro atoms. The third-order valence-corrected chi connectivity index (χ3v) is 18.4. The van der Waals surface area contributed by atoms with Crippen LogP contribution < -0.4 is 0 Å². The van der Waals surface area contributed by atoms with Gasteiger partial charge in [-0.3, -0.25) is 37.3 Å². The minimum Gasteiger partial charge on any atom is -0.462 e. The van der Waals surface area contributed by atoms with Crippen LogP contribution in [-0.4, -0.2) is 96.7 Å². The zero-order valence-corrected chi connectivity index (χ0v) is 67.8. The second kappa shape index (κ2) is 77.8. The first-order chi connectivity index (χ1) is 51.7. The number of aliphatic hydroxyl groups is 1. The number of allylic oxidation sites excluding steroid dienone is 26. The van der Waals surface area contributed by atoms with Gasteiger partial charge in [-0.15, -0.1) is 0 Å². The molecule has 17 nitrogen and oxygen atoms in total. The van der Waals surface area contributed by atoms with Crippen LogP contribution in [0.15, 0.2) is 158 Å². The normalized spacial score (nSPS) is 14.7. The Bertz CT molecular complexity index is 2630. The van der Waals surface area contributed by atoms with Crippen LogP contribution in [0.25, 0.3) is 0 Å². The molecular formula is C87H144O17P2. The molecule has 604 valence electrons. The standard InChI is InChI=1S/C87H144O17P2/c1-5-9-13-17-21-25-29-33-37-39-40-42-46-48-52-56-60-64-68-72-85(90)98-78-83(104-87(92)74-70-66-62-58-54-50-44-36-32-28-24-20-16-12-8-4)80-102-106(95,96)100-76-81(88)75-99-105(93,94)101-79-82(103-86(91)73-69-65-61-57-53-49-43-35-31-27-23-19-15-11-7-3)77-97-84(89)71-67-63-59-55-51-47-45-41-38-34-30-26-22-18-14-10-6-2/h10-11,14-15,21-28,33-38,40,42-45,47,55,59,81-83,88H,5-9,12-13,16-20,29-32,39,41,46,48-54,56-58,60-80H2,1-4H3,(H,93,94)(H,95,96)/b14-10-,15-11-,25-21-,26-22-,27-23-,28-24-,37-33-,38-34-,42-40-,43-35-,44-36-,47-45-,59-55-. The van der Waals surface area contributed by atoms with Crippen molar-refractivity contribution in [2.75, 3.05) is 39.6 Å². The SMILES string of the molecule is CC/C=C\C/C=C\C/C=C\C/C=C\C/C=C\CCCC(=O)OCC(COP(=O)(O)OCC(O)COP(=O)(O)OCC(COC(=O)CCCCCCCC/C=C\C/C=C\C/C=C\CCCCC)OC(=O)CCCCCCC/C=C\C/C=C\CCCCC)OC(=O)CCCCCCC/C=C\C/C=C\C/C=C\CC. The van der Waals surface area contributed by atoms with Gasteiger partial charge in [-0.1, -0.05) is 276 Å². The van der Waals surface area contributed by atoms with Crippen LogP contribution >= 0.6 is 15.6 Å². The molecule has 0 saturated carbocycles. The molecule has 3 N–H and O–H groups in total. The third kappa shape index (κ3) is 76.9. The van der Waals surface area contributed by atoms with Crippen molar-refractivity contribution in [1.82, 2.24) is 0 Å². The van der Waals surface area contributed by atoms with Gasteiger partial charge in [-0.25, -0.2) is 9.13 Å². The molecular weight excluding hydrogens is 1380 g/mol. The Kier molecular flexibility index (Phi) is 73.9. The average molecular weight is 1520 g/mol. The molecule has 0 rings (SSSR count). The number of carbonyl (C=O) groups excluding carboxylic acids is 4. The fraction of sp³-hybridized carbons (Fsp3) is 0.655. The van der Waals surface area contributed by atoms with Crippen LogP contribution in [0, 0.1) is 0 Å². The summed E-state index contributed by atoms with van der Waals surface area (Å²) in [6, 6.07) is 0. The van der Waals surface area contributed by atoms with Crippen molar-refractivity contribution >= 4 is 39.5 Å². The highest BCUT2D eigenvalue weighted by atomic mass is 31.2. The average Bonchev–Trinajstić information content (AvgIpc) is 0.928. The van der Waals surface area contributed by atoms with E-state index in [1.807, 2.05) is 12.2 Å². The van der Waals surface area contributed by atoms with Crippen molar-refractivity contribution in [3.63, 3.8) is 0 Å². The van der Waals surface area contributed by atoms with Gasteiger partial charge in [-0.05, 0) is 167 Å². The number of carbonyl (C=O) groups is 4. The van der Waals surface area contributed by atoms with Crippen molar-refractivity contribution in [2.24, 2.45) is 0 Å². The topological polar surface area (TPSA) is 237 Å². The number of aliphatic hydroxyl groups excluding tert-OH is 1. The van der Waals surface area contributed by atoms with Gasteiger partial charge in [0.2, 0.25) is 0 Å². The lowest BCUT2D eigenvalue weighted by Crippen LogP contribution is -2.30. The van der Waals surface area contributed by atoms with Gasteiger partial charge in [0.15, 0.2) is 12.2 Å². The highest BCUT2D eigenvalue weighted by Crippen LogP contribution is 2.45. The summed E-state index contributed by atoms with van der Waals surface area (Å²) in [4.78, 5) is 73.1. The molecule has 0 heterocycles. The molecule has 19 heteroatoms. The number of esters is 4. The zero-order valence-electron chi connectivity index (χ0n) is 66.1. The van der Waals surface area contributed by atoms with Gasteiger partial charge in [0.05, 0.1) is 26.4 Å². The van der Waals surface area contributed by atoms with Crippen molar-refractivity contribution in [2.45, 2.75) is 329 Å². The molecule has 0 aliphatic rings. The molecule has 0 saturated heterocycles. The largest absolute Gasteiger partial charge is 0.472 e. The van der Waals surface area contributed by atoms with Crippen LogP contribution in [0.4, 0.5) is 0 Å². The Morgan fingerprint density at radius 2 is 0.500 bits per heavy atom. The predicted octanol–water partition coefficient (Wildman–Crippen LogP) is 24.0. The summed E-state index contributed by atoms with van der Waals surface area (Å²) in [7, 11) is -10.00. The molecule has 0 radical (unpaired) electrons. The number of hydrogen-bond donors (Lipinski definition) is 3. The minimum absolute atomic E-state index is 0.0576. The van der Waals surface area contributed by atoms with E-state index < -0.39 is 97.5 Å². The number of ether oxygens (including phenoxy) is 4. The first kappa shape index (κ1) is 101. The second-order valence-electron chi connectivity index (χ2n) is 26.6. The van der Waals surface area contributed by atoms with E-state index in [4.69, 9.17) is 37.0 Å². The van der Waals surface area contributed by atoms with Crippen LogP contribution in [0.2, 0.25) is 0 Å². The lowest BCUT2D eigenvalue weighted by Gasteiger charge is -2.21. The number of phosphoric ester groups is 2. The molecule has 0 fully saturated rings. The first-order valence-corrected chi connectivity index (χ1v) is 43.7. The number of hydrogen-bond acceptors (Lipinski definition) is 15. The Hall–Kier alpha value is -5.32. The van der Waals surface area contributed by atoms with Crippen LogP contribution in [-0.2, 0) is 65.4 Å². The minimum atomic E-state index is -5.00. The Labute approximate surface area is 642 Å². The van der Waals surface area contributed by atoms with E-state index in [0.717, 1.165) is 186 Å². The first-order valence-electron chi connectivity index (χ1n) is 40.7. The van der Waals surface area contributed by atoms with Crippen LogP contribution in [0.5, 0.6) is 0 Å². The lowest BCUT2D eigenvalue weighted by molar-refractivity contribution is -0.161. The fourth-order valence-electron chi connectivity index (χ4n) is 10.3.